The van der Waals surface area contributed by atoms with Gasteiger partial charge in [0, 0.05) is 37.2 Å². The van der Waals surface area contributed by atoms with Crippen LogP contribution in [-0.4, -0.2) is 34.5 Å². The van der Waals surface area contributed by atoms with E-state index in [0.717, 1.165) is 18.4 Å². The number of benzene rings is 1. The van der Waals surface area contributed by atoms with Crippen LogP contribution in [0.25, 0.3) is 0 Å². The number of aromatic nitrogens is 2. The van der Waals surface area contributed by atoms with Crippen LogP contribution in [0.1, 0.15) is 24.1 Å². The average molecular weight is 365 g/mol. The van der Waals surface area contributed by atoms with Crippen molar-refractivity contribution in [2.45, 2.75) is 25.2 Å². The molecule has 8 heteroatoms. The highest BCUT2D eigenvalue weighted by Crippen LogP contribution is 2.37. The molecule has 1 fully saturated rings. The van der Waals surface area contributed by atoms with Crippen molar-refractivity contribution in [2.24, 2.45) is 7.05 Å². The number of hydrogen-bond donors (Lipinski definition) is 1. The van der Waals surface area contributed by atoms with E-state index in [9.17, 15) is 10.1 Å². The molecule has 2 aromatic rings. The number of ether oxygens (including phenoxy) is 1. The maximum atomic E-state index is 11.4. The average Bonchev–Trinajstić information content (AvgIpc) is 2.88. The predicted molar refractivity (Wildman–Crippen MR) is 96.3 cm³/mol. The molecule has 0 atom stereocenters. The molecular formula is C17H21ClN4O3. The minimum absolute atomic E-state index is 0.0285. The van der Waals surface area contributed by atoms with E-state index in [1.165, 1.54) is 4.68 Å². The predicted octanol–water partition coefficient (Wildman–Crippen LogP) is 3.45. The van der Waals surface area contributed by atoms with E-state index in [4.69, 9.17) is 16.3 Å². The number of rotatable bonds is 5. The molecule has 1 saturated heterocycles. The van der Waals surface area contributed by atoms with Crippen LogP contribution in [0.5, 0.6) is 0 Å². The minimum Gasteiger partial charge on any atom is -0.381 e. The van der Waals surface area contributed by atoms with E-state index in [1.807, 2.05) is 24.3 Å². The Balaban J connectivity index is 1.90. The van der Waals surface area contributed by atoms with Crippen molar-refractivity contribution in [1.29, 1.82) is 0 Å². The van der Waals surface area contributed by atoms with Gasteiger partial charge in [0.1, 0.15) is 5.69 Å². The largest absolute Gasteiger partial charge is 0.381 e. The Morgan fingerprint density at radius 2 is 2.00 bits per heavy atom. The summed E-state index contributed by atoms with van der Waals surface area (Å²) < 4.78 is 7.06. The molecule has 0 spiro atoms. The Hall–Kier alpha value is -2.12. The van der Waals surface area contributed by atoms with Gasteiger partial charge in [-0.25, -0.2) is 4.68 Å². The third-order valence-electron chi connectivity index (χ3n) is 4.87. The molecule has 7 nitrogen and oxygen atoms in total. The zero-order valence-electron chi connectivity index (χ0n) is 14.3. The summed E-state index contributed by atoms with van der Waals surface area (Å²) in [5, 5.41) is 19.5. The van der Waals surface area contributed by atoms with Crippen molar-refractivity contribution >= 4 is 23.1 Å². The lowest BCUT2D eigenvalue weighted by Gasteiger charge is -2.38. The molecule has 0 unspecified atom stereocenters. The van der Waals surface area contributed by atoms with Gasteiger partial charge >= 0.3 is 5.69 Å². The second-order valence-corrected chi connectivity index (χ2v) is 6.85. The molecule has 1 N–H and O–H groups in total. The number of halogens is 1. The van der Waals surface area contributed by atoms with E-state index in [2.05, 4.69) is 10.4 Å². The van der Waals surface area contributed by atoms with Crippen LogP contribution in [-0.2, 0) is 17.2 Å². The molecular weight excluding hydrogens is 344 g/mol. The number of nitrogens with zero attached hydrogens (tertiary/aromatic N) is 3. The summed E-state index contributed by atoms with van der Waals surface area (Å²) in [5.74, 6) is 0.433. The molecule has 134 valence electrons. The van der Waals surface area contributed by atoms with Crippen LogP contribution in [0.4, 0.5) is 11.5 Å². The van der Waals surface area contributed by atoms with Gasteiger partial charge in [0.05, 0.1) is 4.92 Å². The standard InChI is InChI=1S/C17H21ClN4O3/c1-12-15(22(23)24)16(21(2)20-12)19-11-17(7-9-25-10-8-17)13-3-5-14(18)6-4-13/h3-6,19H,7-11H2,1-2H3. The number of nitrogens with one attached hydrogen (secondary N) is 1. The van der Waals surface area contributed by atoms with Crippen molar-refractivity contribution in [1.82, 2.24) is 9.78 Å². The third kappa shape index (κ3) is 3.48. The van der Waals surface area contributed by atoms with Gasteiger partial charge < -0.3 is 10.1 Å². The number of aryl methyl sites for hydroxylation is 2. The fourth-order valence-corrected chi connectivity index (χ4v) is 3.58. The van der Waals surface area contributed by atoms with Gasteiger partial charge in [-0.3, -0.25) is 10.1 Å². The normalized spacial score (nSPS) is 16.6. The molecule has 0 bridgehead atoms. The number of anilines is 1. The van der Waals surface area contributed by atoms with Crippen LogP contribution >= 0.6 is 11.6 Å². The molecule has 1 aliphatic heterocycles. The zero-order chi connectivity index (χ0) is 18.0. The molecule has 0 saturated carbocycles. The second-order valence-electron chi connectivity index (χ2n) is 6.42. The summed E-state index contributed by atoms with van der Waals surface area (Å²) in [6.07, 6.45) is 1.68. The van der Waals surface area contributed by atoms with Gasteiger partial charge in [-0.2, -0.15) is 5.10 Å². The molecule has 0 radical (unpaired) electrons. The highest BCUT2D eigenvalue weighted by atomic mass is 35.5. The Labute approximate surface area is 151 Å². The summed E-state index contributed by atoms with van der Waals surface area (Å²) in [6, 6.07) is 7.81. The lowest BCUT2D eigenvalue weighted by Crippen LogP contribution is -2.40. The molecule has 0 aliphatic carbocycles. The van der Waals surface area contributed by atoms with Gasteiger partial charge in [-0.15, -0.1) is 0 Å². The molecule has 2 heterocycles. The maximum Gasteiger partial charge on any atom is 0.333 e. The highest BCUT2D eigenvalue weighted by molar-refractivity contribution is 6.30. The molecule has 1 aromatic heterocycles. The van der Waals surface area contributed by atoms with Crippen molar-refractivity contribution in [3.05, 3.63) is 50.7 Å². The summed E-state index contributed by atoms with van der Waals surface area (Å²) in [6.45, 7) is 3.54. The zero-order valence-corrected chi connectivity index (χ0v) is 15.0. The second kappa shape index (κ2) is 7.01. The maximum absolute atomic E-state index is 11.4. The summed E-state index contributed by atoms with van der Waals surface area (Å²) in [7, 11) is 1.71. The first-order valence-corrected chi connectivity index (χ1v) is 8.56. The van der Waals surface area contributed by atoms with Crippen molar-refractivity contribution in [2.75, 3.05) is 25.1 Å². The van der Waals surface area contributed by atoms with Crippen LogP contribution < -0.4 is 5.32 Å². The topological polar surface area (TPSA) is 82.2 Å². The van der Waals surface area contributed by atoms with E-state index in [1.54, 1.807) is 14.0 Å². The van der Waals surface area contributed by atoms with Gasteiger partial charge in [0.2, 0.25) is 5.82 Å². The smallest absolute Gasteiger partial charge is 0.333 e. The van der Waals surface area contributed by atoms with Gasteiger partial charge in [-0.05, 0) is 37.5 Å². The fraction of sp³-hybridized carbons (Fsp3) is 0.471. The molecule has 1 aromatic carbocycles. The Kier molecular flexibility index (Phi) is 4.96. The van der Waals surface area contributed by atoms with E-state index >= 15 is 0 Å². The molecule has 3 rings (SSSR count). The first kappa shape index (κ1) is 17.7. The van der Waals surface area contributed by atoms with Gasteiger partial charge in [0.25, 0.3) is 0 Å². The SMILES string of the molecule is Cc1nn(C)c(NCC2(c3ccc(Cl)cc3)CCOCC2)c1[N+](=O)[O-]. The van der Waals surface area contributed by atoms with Crippen LogP contribution in [0.2, 0.25) is 5.02 Å². The minimum atomic E-state index is -0.385. The highest BCUT2D eigenvalue weighted by Gasteiger charge is 2.36. The van der Waals surface area contributed by atoms with Crippen molar-refractivity contribution in [3.63, 3.8) is 0 Å². The summed E-state index contributed by atoms with van der Waals surface area (Å²) >= 11 is 6.02. The Morgan fingerprint density at radius 3 is 2.60 bits per heavy atom. The fourth-order valence-electron chi connectivity index (χ4n) is 3.45. The van der Waals surface area contributed by atoms with Gasteiger partial charge in [-0.1, -0.05) is 23.7 Å². The first-order chi connectivity index (χ1) is 11.9. The Bertz CT molecular complexity index is 767. The van der Waals surface area contributed by atoms with Crippen LogP contribution in [0.15, 0.2) is 24.3 Å². The lowest BCUT2D eigenvalue weighted by atomic mass is 9.74. The molecule has 25 heavy (non-hydrogen) atoms. The number of hydrogen-bond acceptors (Lipinski definition) is 5. The number of nitro groups is 1. The van der Waals surface area contributed by atoms with Crippen molar-refractivity contribution in [3.8, 4) is 0 Å². The van der Waals surface area contributed by atoms with Crippen molar-refractivity contribution < 1.29 is 9.66 Å². The van der Waals surface area contributed by atoms with E-state index in [0.29, 0.717) is 36.3 Å². The lowest BCUT2D eigenvalue weighted by molar-refractivity contribution is -0.384. The Morgan fingerprint density at radius 1 is 1.36 bits per heavy atom. The van der Waals surface area contributed by atoms with Gasteiger partial charge in [0.15, 0.2) is 0 Å². The van der Waals surface area contributed by atoms with Crippen LogP contribution in [0, 0.1) is 17.0 Å². The monoisotopic (exact) mass is 364 g/mol. The van der Waals surface area contributed by atoms with Crippen LogP contribution in [0.3, 0.4) is 0 Å². The van der Waals surface area contributed by atoms with E-state index in [-0.39, 0.29) is 16.0 Å². The molecule has 1 aliphatic rings. The first-order valence-electron chi connectivity index (χ1n) is 8.19. The summed E-state index contributed by atoms with van der Waals surface area (Å²) in [4.78, 5) is 11.0. The summed E-state index contributed by atoms with van der Waals surface area (Å²) in [5.41, 5.74) is 1.44. The molecule has 0 amide bonds. The quantitative estimate of drug-likeness (QED) is 0.649. The third-order valence-corrected chi connectivity index (χ3v) is 5.13. The van der Waals surface area contributed by atoms with E-state index < -0.39 is 0 Å².